The zero-order chi connectivity index (χ0) is 38.2. The Morgan fingerprint density at radius 3 is 0.846 bits per heavy atom. The van der Waals surface area contributed by atoms with Gasteiger partial charge in [-0.2, -0.15) is 0 Å². The highest BCUT2D eigenvalue weighted by Gasteiger charge is 2.21. The Balaban J connectivity index is 1.69. The SMILES string of the molecule is CCNC(=O)c1cccc(C(=O)NCCN(CCNC(=O)c2cccc(C(=O)NCC)c2O)CCNC(=O)c2cccc(C(=O)NCC)c2O)c1O. The monoisotopic (exact) mass is 719 g/mol. The van der Waals surface area contributed by atoms with Gasteiger partial charge in [0.2, 0.25) is 0 Å². The van der Waals surface area contributed by atoms with Crippen molar-refractivity contribution in [2.24, 2.45) is 0 Å². The zero-order valence-corrected chi connectivity index (χ0v) is 29.3. The van der Waals surface area contributed by atoms with Crippen LogP contribution in [0.2, 0.25) is 0 Å². The van der Waals surface area contributed by atoms with Gasteiger partial charge in [-0.25, -0.2) is 0 Å². The van der Waals surface area contributed by atoms with E-state index in [4.69, 9.17) is 0 Å². The molecular weight excluding hydrogens is 674 g/mol. The van der Waals surface area contributed by atoms with Gasteiger partial charge in [-0.3, -0.25) is 33.7 Å². The molecule has 0 atom stereocenters. The summed E-state index contributed by atoms with van der Waals surface area (Å²) in [4.78, 5) is 77.5. The molecule has 16 nitrogen and oxygen atoms in total. The van der Waals surface area contributed by atoms with Crippen LogP contribution < -0.4 is 31.9 Å². The van der Waals surface area contributed by atoms with Crippen LogP contribution in [0.3, 0.4) is 0 Å². The van der Waals surface area contributed by atoms with E-state index in [0.717, 1.165) is 0 Å². The van der Waals surface area contributed by atoms with Crippen LogP contribution in [0.1, 0.15) is 82.9 Å². The van der Waals surface area contributed by atoms with Gasteiger partial charge in [-0.1, -0.05) is 18.2 Å². The summed E-state index contributed by atoms with van der Waals surface area (Å²) in [6.07, 6.45) is 0. The molecule has 0 saturated carbocycles. The van der Waals surface area contributed by atoms with Gasteiger partial charge in [0.15, 0.2) is 0 Å². The summed E-state index contributed by atoms with van der Waals surface area (Å²) in [5.74, 6) is -4.87. The van der Waals surface area contributed by atoms with Crippen LogP contribution in [0.4, 0.5) is 0 Å². The van der Waals surface area contributed by atoms with Crippen molar-refractivity contribution in [2.75, 3.05) is 58.9 Å². The first-order valence-electron chi connectivity index (χ1n) is 16.8. The number of nitrogens with one attached hydrogen (secondary N) is 6. The molecule has 0 radical (unpaired) electrons. The quantitative estimate of drug-likeness (QED) is 0.0902. The van der Waals surface area contributed by atoms with Crippen molar-refractivity contribution >= 4 is 35.4 Å². The van der Waals surface area contributed by atoms with Crippen molar-refractivity contribution in [3.05, 3.63) is 88.0 Å². The number of phenolic OH excluding ortho intramolecular Hbond substituents is 3. The molecule has 16 heteroatoms. The molecule has 6 amide bonds. The predicted molar refractivity (Wildman–Crippen MR) is 192 cm³/mol. The standard InChI is InChI=1S/C36H45N7O9/c1-4-37-31(47)22-10-7-13-25(28(22)44)34(50)40-16-19-43(20-17-41-35(51)26-14-8-11-23(29(26)45)32(48)38-5-2)21-18-42-36(52)27-15-9-12-24(30(27)46)33(49)39-6-3/h7-15,44-46H,4-6,16-21H2,1-3H3,(H,37,47)(H,38,48)(H,39,49)(H,40,50)(H,41,51)(H,42,52). The third-order valence-corrected chi connectivity index (χ3v) is 7.73. The van der Waals surface area contributed by atoms with Crippen LogP contribution in [0.15, 0.2) is 54.6 Å². The maximum absolute atomic E-state index is 13.0. The second kappa shape index (κ2) is 19.9. The lowest BCUT2D eigenvalue weighted by molar-refractivity contribution is 0.0934. The van der Waals surface area contributed by atoms with E-state index >= 15 is 0 Å². The lowest BCUT2D eigenvalue weighted by Crippen LogP contribution is -2.43. The van der Waals surface area contributed by atoms with Crippen molar-refractivity contribution in [2.45, 2.75) is 20.8 Å². The van der Waals surface area contributed by atoms with E-state index in [1.807, 2.05) is 4.90 Å². The minimum Gasteiger partial charge on any atom is -0.506 e. The molecule has 0 spiro atoms. The average Bonchev–Trinajstić information content (AvgIpc) is 3.11. The third kappa shape index (κ3) is 10.7. The van der Waals surface area contributed by atoms with E-state index in [2.05, 4.69) is 31.9 Å². The fourth-order valence-electron chi connectivity index (χ4n) is 5.10. The molecule has 278 valence electrons. The Labute approximate surface area is 301 Å². The van der Waals surface area contributed by atoms with Crippen LogP contribution in [0.5, 0.6) is 17.2 Å². The molecule has 9 N–H and O–H groups in total. The van der Waals surface area contributed by atoms with Crippen LogP contribution in [0.25, 0.3) is 0 Å². The molecule has 0 heterocycles. The molecule has 52 heavy (non-hydrogen) atoms. The maximum atomic E-state index is 13.0. The molecule has 0 aliphatic rings. The predicted octanol–water partition coefficient (Wildman–Crippen LogP) is 0.944. The fourth-order valence-corrected chi connectivity index (χ4v) is 5.10. The highest BCUT2D eigenvalue weighted by molar-refractivity contribution is 6.05. The van der Waals surface area contributed by atoms with E-state index in [1.165, 1.54) is 54.6 Å². The van der Waals surface area contributed by atoms with E-state index in [-0.39, 0.29) is 72.6 Å². The Hall–Kier alpha value is -6.16. The third-order valence-electron chi connectivity index (χ3n) is 7.73. The molecule has 0 aromatic heterocycles. The Bertz CT molecular complexity index is 1580. The van der Waals surface area contributed by atoms with Crippen molar-refractivity contribution in [1.29, 1.82) is 0 Å². The van der Waals surface area contributed by atoms with Gasteiger partial charge in [0, 0.05) is 58.9 Å². The minimum absolute atomic E-state index is 0.0484. The largest absolute Gasteiger partial charge is 0.506 e. The number of hydrogen-bond acceptors (Lipinski definition) is 10. The highest BCUT2D eigenvalue weighted by Crippen LogP contribution is 2.24. The number of nitrogens with zero attached hydrogens (tertiary/aromatic N) is 1. The Morgan fingerprint density at radius 2 is 0.635 bits per heavy atom. The fraction of sp³-hybridized carbons (Fsp3) is 0.333. The topological polar surface area (TPSA) is 239 Å². The zero-order valence-electron chi connectivity index (χ0n) is 29.3. The molecule has 0 bridgehead atoms. The molecule has 3 aromatic carbocycles. The molecule has 3 rings (SSSR count). The van der Waals surface area contributed by atoms with Crippen molar-refractivity contribution < 1.29 is 44.1 Å². The van der Waals surface area contributed by atoms with Gasteiger partial charge >= 0.3 is 0 Å². The first kappa shape index (κ1) is 40.3. The molecule has 0 aliphatic carbocycles. The highest BCUT2D eigenvalue weighted by atomic mass is 16.3. The smallest absolute Gasteiger partial charge is 0.255 e. The van der Waals surface area contributed by atoms with Crippen molar-refractivity contribution in [3.8, 4) is 17.2 Å². The number of para-hydroxylation sites is 3. The van der Waals surface area contributed by atoms with Crippen molar-refractivity contribution in [3.63, 3.8) is 0 Å². The summed E-state index contributed by atoms with van der Waals surface area (Å²) in [7, 11) is 0. The van der Waals surface area contributed by atoms with Crippen LogP contribution in [-0.2, 0) is 0 Å². The number of rotatable bonds is 18. The number of aromatic hydroxyl groups is 3. The number of phenols is 3. The van der Waals surface area contributed by atoms with Gasteiger partial charge in [-0.05, 0) is 57.2 Å². The van der Waals surface area contributed by atoms with Gasteiger partial charge in [0.05, 0.1) is 33.4 Å². The van der Waals surface area contributed by atoms with Gasteiger partial charge < -0.3 is 47.2 Å². The number of carbonyl (C=O) groups is 6. The number of benzene rings is 3. The maximum Gasteiger partial charge on any atom is 0.255 e. The normalized spacial score (nSPS) is 10.6. The Morgan fingerprint density at radius 1 is 0.423 bits per heavy atom. The molecule has 0 saturated heterocycles. The summed E-state index contributed by atoms with van der Waals surface area (Å²) in [5.41, 5.74) is -0.439. The molecular formula is C36H45N7O9. The van der Waals surface area contributed by atoms with Crippen molar-refractivity contribution in [1.82, 2.24) is 36.8 Å². The van der Waals surface area contributed by atoms with E-state index in [1.54, 1.807) is 20.8 Å². The van der Waals surface area contributed by atoms with Gasteiger partial charge in [0.1, 0.15) is 17.2 Å². The summed E-state index contributed by atoms with van der Waals surface area (Å²) in [6.45, 7) is 7.00. The second-order valence-corrected chi connectivity index (χ2v) is 11.3. The van der Waals surface area contributed by atoms with Gasteiger partial charge in [0.25, 0.3) is 35.4 Å². The number of carbonyl (C=O) groups excluding carboxylic acids is 6. The van der Waals surface area contributed by atoms with E-state index < -0.39 is 52.7 Å². The number of hydrogen-bond donors (Lipinski definition) is 9. The summed E-state index contributed by atoms with van der Waals surface area (Å²) in [6, 6.07) is 12.8. The summed E-state index contributed by atoms with van der Waals surface area (Å²) in [5, 5.41) is 47.6. The first-order chi connectivity index (χ1) is 24.9. The second-order valence-electron chi connectivity index (χ2n) is 11.3. The van der Waals surface area contributed by atoms with Crippen LogP contribution in [-0.4, -0.2) is 115 Å². The molecule has 0 unspecified atom stereocenters. The number of amides is 6. The molecule has 0 fully saturated rings. The molecule has 0 aliphatic heterocycles. The van der Waals surface area contributed by atoms with E-state index in [0.29, 0.717) is 19.6 Å². The van der Waals surface area contributed by atoms with E-state index in [9.17, 15) is 44.1 Å². The average molecular weight is 720 g/mol. The van der Waals surface area contributed by atoms with Crippen LogP contribution in [0, 0.1) is 0 Å². The molecule has 3 aromatic rings. The summed E-state index contributed by atoms with van der Waals surface area (Å²) < 4.78 is 0. The summed E-state index contributed by atoms with van der Waals surface area (Å²) >= 11 is 0. The lowest BCUT2D eigenvalue weighted by atomic mass is 10.1. The lowest BCUT2D eigenvalue weighted by Gasteiger charge is -2.23. The first-order valence-corrected chi connectivity index (χ1v) is 16.8. The minimum atomic E-state index is -0.630. The Kier molecular flexibility index (Phi) is 15.4. The van der Waals surface area contributed by atoms with Crippen LogP contribution >= 0.6 is 0 Å². The van der Waals surface area contributed by atoms with Gasteiger partial charge in [-0.15, -0.1) is 0 Å².